The lowest BCUT2D eigenvalue weighted by molar-refractivity contribution is -0.122. The van der Waals surface area contributed by atoms with Gasteiger partial charge in [0.05, 0.1) is 11.4 Å². The second kappa shape index (κ2) is 8.60. The predicted octanol–water partition coefficient (Wildman–Crippen LogP) is 1.43. The molecule has 1 aromatic rings. The highest BCUT2D eigenvalue weighted by Gasteiger charge is 2.21. The van der Waals surface area contributed by atoms with E-state index in [2.05, 4.69) is 10.2 Å². The van der Waals surface area contributed by atoms with E-state index in [0.29, 0.717) is 31.1 Å². The Morgan fingerprint density at radius 3 is 2.25 bits per heavy atom. The Morgan fingerprint density at radius 2 is 1.71 bits per heavy atom. The topological polar surface area (TPSA) is 69.7 Å². The first-order chi connectivity index (χ1) is 11.5. The molecule has 1 fully saturated rings. The van der Waals surface area contributed by atoms with Crippen LogP contribution in [0.4, 0.5) is 0 Å². The molecule has 1 saturated heterocycles. The lowest BCUT2D eigenvalue weighted by Gasteiger charge is -2.18. The standard InChI is InChI=1S/C17H27N3O3S/c1-3-20(4-2)24(22,23)16-9-7-15(8-10-16)13-18-17(21)14-19-11-5-6-12-19/h7-10H,3-6,11-14H2,1-2H3,(H,18,21). The molecule has 1 aliphatic rings. The zero-order chi connectivity index (χ0) is 17.6. The Labute approximate surface area is 144 Å². The van der Waals surface area contributed by atoms with Gasteiger partial charge in [0.25, 0.3) is 0 Å². The summed E-state index contributed by atoms with van der Waals surface area (Å²) >= 11 is 0. The van der Waals surface area contributed by atoms with Gasteiger partial charge in [-0.05, 0) is 43.6 Å². The Hall–Kier alpha value is -1.44. The van der Waals surface area contributed by atoms with Gasteiger partial charge in [-0.25, -0.2) is 8.42 Å². The minimum atomic E-state index is -3.43. The number of carbonyl (C=O) groups excluding carboxylic acids is 1. The molecule has 1 aromatic carbocycles. The van der Waals surface area contributed by atoms with Gasteiger partial charge in [0, 0.05) is 19.6 Å². The number of likely N-dealkylation sites (tertiary alicyclic amines) is 1. The highest BCUT2D eigenvalue weighted by atomic mass is 32.2. The minimum Gasteiger partial charge on any atom is -0.351 e. The fraction of sp³-hybridized carbons (Fsp3) is 0.588. The molecule has 1 N–H and O–H groups in total. The van der Waals surface area contributed by atoms with E-state index < -0.39 is 10.0 Å². The molecule has 0 unspecified atom stereocenters. The Bertz CT molecular complexity index is 634. The third-order valence-corrected chi connectivity index (χ3v) is 6.39. The lowest BCUT2D eigenvalue weighted by atomic mass is 10.2. The van der Waals surface area contributed by atoms with Gasteiger partial charge in [0.15, 0.2) is 0 Å². The number of rotatable bonds is 8. The molecule has 0 aromatic heterocycles. The van der Waals surface area contributed by atoms with Crippen molar-refractivity contribution >= 4 is 15.9 Å². The van der Waals surface area contributed by atoms with Crippen LogP contribution in [0.2, 0.25) is 0 Å². The van der Waals surface area contributed by atoms with Crippen LogP contribution in [0.25, 0.3) is 0 Å². The quantitative estimate of drug-likeness (QED) is 0.768. The molecule has 0 saturated carbocycles. The van der Waals surface area contributed by atoms with Crippen molar-refractivity contribution in [2.24, 2.45) is 0 Å². The molecular formula is C17H27N3O3S. The van der Waals surface area contributed by atoms with E-state index in [1.807, 2.05) is 13.8 Å². The van der Waals surface area contributed by atoms with E-state index in [1.165, 1.54) is 4.31 Å². The van der Waals surface area contributed by atoms with Gasteiger partial charge >= 0.3 is 0 Å². The highest BCUT2D eigenvalue weighted by Crippen LogP contribution is 2.16. The first kappa shape index (κ1) is 18.9. The maximum Gasteiger partial charge on any atom is 0.243 e. The third kappa shape index (κ3) is 4.78. The van der Waals surface area contributed by atoms with Crippen LogP contribution in [0.15, 0.2) is 29.2 Å². The highest BCUT2D eigenvalue weighted by molar-refractivity contribution is 7.89. The molecule has 2 rings (SSSR count). The van der Waals surface area contributed by atoms with E-state index in [4.69, 9.17) is 0 Å². The minimum absolute atomic E-state index is 0.0109. The molecule has 1 amide bonds. The molecule has 0 radical (unpaired) electrons. The van der Waals surface area contributed by atoms with Gasteiger partial charge < -0.3 is 5.32 Å². The van der Waals surface area contributed by atoms with Crippen molar-refractivity contribution in [3.8, 4) is 0 Å². The number of amides is 1. The first-order valence-electron chi connectivity index (χ1n) is 8.55. The largest absolute Gasteiger partial charge is 0.351 e. The summed E-state index contributed by atoms with van der Waals surface area (Å²) in [5, 5.41) is 2.89. The van der Waals surface area contributed by atoms with Crippen LogP contribution < -0.4 is 5.32 Å². The third-order valence-electron chi connectivity index (χ3n) is 4.32. The van der Waals surface area contributed by atoms with Crippen LogP contribution in [0.1, 0.15) is 32.3 Å². The van der Waals surface area contributed by atoms with E-state index in [-0.39, 0.29) is 5.91 Å². The zero-order valence-corrected chi connectivity index (χ0v) is 15.3. The van der Waals surface area contributed by atoms with Gasteiger partial charge in [-0.2, -0.15) is 4.31 Å². The molecule has 0 spiro atoms. The van der Waals surface area contributed by atoms with Gasteiger partial charge in [-0.3, -0.25) is 9.69 Å². The van der Waals surface area contributed by atoms with Crippen LogP contribution in [0.3, 0.4) is 0 Å². The molecule has 0 atom stereocenters. The average molecular weight is 353 g/mol. The van der Waals surface area contributed by atoms with E-state index in [9.17, 15) is 13.2 Å². The lowest BCUT2D eigenvalue weighted by Crippen LogP contribution is -2.35. The van der Waals surface area contributed by atoms with Crippen molar-refractivity contribution in [3.05, 3.63) is 29.8 Å². The fourth-order valence-electron chi connectivity index (χ4n) is 2.89. The van der Waals surface area contributed by atoms with Gasteiger partial charge in [0.2, 0.25) is 15.9 Å². The Kier molecular flexibility index (Phi) is 6.77. The van der Waals surface area contributed by atoms with Crippen LogP contribution in [0.5, 0.6) is 0 Å². The van der Waals surface area contributed by atoms with Crippen molar-refractivity contribution < 1.29 is 13.2 Å². The Morgan fingerprint density at radius 1 is 1.12 bits per heavy atom. The van der Waals surface area contributed by atoms with Crippen molar-refractivity contribution in [1.82, 2.24) is 14.5 Å². The number of carbonyl (C=O) groups is 1. The van der Waals surface area contributed by atoms with Gasteiger partial charge in [0.1, 0.15) is 0 Å². The monoisotopic (exact) mass is 353 g/mol. The second-order valence-corrected chi connectivity index (χ2v) is 7.93. The SMILES string of the molecule is CCN(CC)S(=O)(=O)c1ccc(CNC(=O)CN2CCCC2)cc1. The summed E-state index contributed by atoms with van der Waals surface area (Å²) in [7, 11) is -3.43. The number of hydrogen-bond donors (Lipinski definition) is 1. The van der Waals surface area contributed by atoms with Crippen molar-refractivity contribution in [1.29, 1.82) is 0 Å². The van der Waals surface area contributed by atoms with Crippen LogP contribution >= 0.6 is 0 Å². The molecular weight excluding hydrogens is 326 g/mol. The zero-order valence-electron chi connectivity index (χ0n) is 14.5. The smallest absolute Gasteiger partial charge is 0.243 e. The van der Waals surface area contributed by atoms with Crippen molar-refractivity contribution in [3.63, 3.8) is 0 Å². The summed E-state index contributed by atoms with van der Waals surface area (Å²) in [5.41, 5.74) is 0.892. The number of hydrogen-bond acceptors (Lipinski definition) is 4. The molecule has 0 aliphatic carbocycles. The fourth-order valence-corrected chi connectivity index (χ4v) is 4.35. The molecule has 1 aliphatic heterocycles. The molecule has 1 heterocycles. The second-order valence-electron chi connectivity index (χ2n) is 5.99. The maximum absolute atomic E-state index is 12.4. The normalized spacial score (nSPS) is 15.8. The molecule has 7 heteroatoms. The summed E-state index contributed by atoms with van der Waals surface area (Å²) in [6.45, 7) is 7.39. The van der Waals surface area contributed by atoms with Crippen LogP contribution in [0, 0.1) is 0 Å². The maximum atomic E-state index is 12.4. The number of sulfonamides is 1. The number of nitrogens with one attached hydrogen (secondary N) is 1. The van der Waals surface area contributed by atoms with E-state index in [0.717, 1.165) is 31.5 Å². The summed E-state index contributed by atoms with van der Waals surface area (Å²) in [6, 6.07) is 6.73. The summed E-state index contributed by atoms with van der Waals surface area (Å²) < 4.78 is 26.3. The Balaban J connectivity index is 1.91. The molecule has 24 heavy (non-hydrogen) atoms. The van der Waals surface area contributed by atoms with Crippen LogP contribution in [-0.4, -0.2) is 56.3 Å². The average Bonchev–Trinajstić information content (AvgIpc) is 3.07. The number of nitrogens with zero attached hydrogens (tertiary/aromatic N) is 2. The van der Waals surface area contributed by atoms with Gasteiger partial charge in [-0.1, -0.05) is 26.0 Å². The predicted molar refractivity (Wildman–Crippen MR) is 94.1 cm³/mol. The molecule has 6 nitrogen and oxygen atoms in total. The summed E-state index contributed by atoms with van der Waals surface area (Å²) in [5.74, 6) is 0.0109. The molecule has 134 valence electrons. The first-order valence-corrected chi connectivity index (χ1v) is 9.99. The van der Waals surface area contributed by atoms with E-state index >= 15 is 0 Å². The molecule has 0 bridgehead atoms. The van der Waals surface area contributed by atoms with Crippen molar-refractivity contribution in [2.45, 2.75) is 38.1 Å². The summed E-state index contributed by atoms with van der Waals surface area (Å²) in [6.07, 6.45) is 2.32. The summed E-state index contributed by atoms with van der Waals surface area (Å²) in [4.78, 5) is 14.3. The van der Waals surface area contributed by atoms with E-state index in [1.54, 1.807) is 24.3 Å². The van der Waals surface area contributed by atoms with Crippen LogP contribution in [-0.2, 0) is 21.4 Å². The van der Waals surface area contributed by atoms with Crippen molar-refractivity contribution in [2.75, 3.05) is 32.7 Å². The van der Waals surface area contributed by atoms with Gasteiger partial charge in [-0.15, -0.1) is 0 Å². The number of benzene rings is 1.